The Morgan fingerprint density at radius 2 is 1.85 bits per heavy atom. The third kappa shape index (κ3) is 3.41. The maximum Gasteiger partial charge on any atom is 0.231 e. The largest absolute Gasteiger partial charge is 0.493 e. The number of benzene rings is 2. The van der Waals surface area contributed by atoms with Crippen molar-refractivity contribution in [3.63, 3.8) is 0 Å². The zero-order valence-electron chi connectivity index (χ0n) is 15.1. The molecule has 0 fully saturated rings. The van der Waals surface area contributed by atoms with Crippen LogP contribution in [0.15, 0.2) is 57.4 Å². The number of nitrogens with zero attached hydrogens (tertiary/aromatic N) is 3. The maximum absolute atomic E-state index is 6.15. The Balaban J connectivity index is 1.96. The summed E-state index contributed by atoms with van der Waals surface area (Å²) in [5, 5.41) is 10.2. The molecule has 2 aromatic carbocycles. The molecule has 27 heavy (non-hydrogen) atoms. The van der Waals surface area contributed by atoms with Gasteiger partial charge in [0.05, 0.1) is 19.6 Å². The molecule has 6 nitrogen and oxygen atoms in total. The molecule has 0 N–H and O–H groups in total. The molecule has 4 aromatic rings. The normalized spacial score (nSPS) is 11.7. The highest BCUT2D eigenvalue weighted by Crippen LogP contribution is 2.33. The lowest BCUT2D eigenvalue weighted by Crippen LogP contribution is -2.03. The minimum absolute atomic E-state index is 0.599. The summed E-state index contributed by atoms with van der Waals surface area (Å²) in [6, 6.07) is 13.6. The molecule has 136 valence electrons. The van der Waals surface area contributed by atoms with Gasteiger partial charge in [-0.3, -0.25) is 0 Å². The molecule has 0 aliphatic rings. The van der Waals surface area contributed by atoms with Gasteiger partial charge in [0.2, 0.25) is 5.13 Å². The monoisotopic (exact) mass is 379 g/mol. The van der Waals surface area contributed by atoms with Crippen molar-refractivity contribution in [1.82, 2.24) is 10.2 Å². The molecule has 2 aromatic heterocycles. The van der Waals surface area contributed by atoms with E-state index in [0.717, 1.165) is 27.5 Å². The van der Waals surface area contributed by atoms with Gasteiger partial charge in [0.15, 0.2) is 11.5 Å². The number of hydrogen-bond donors (Lipinski definition) is 0. The van der Waals surface area contributed by atoms with Crippen molar-refractivity contribution in [1.29, 1.82) is 0 Å². The molecule has 0 amide bonds. The highest BCUT2D eigenvalue weighted by Gasteiger charge is 2.11. The molecule has 0 saturated heterocycles. The maximum atomic E-state index is 6.15. The van der Waals surface area contributed by atoms with Crippen LogP contribution in [0.5, 0.6) is 11.5 Å². The molecule has 0 bridgehead atoms. The van der Waals surface area contributed by atoms with Gasteiger partial charge < -0.3 is 13.9 Å². The van der Waals surface area contributed by atoms with Crippen molar-refractivity contribution in [2.24, 2.45) is 4.99 Å². The van der Waals surface area contributed by atoms with Crippen LogP contribution in [0.3, 0.4) is 0 Å². The quantitative estimate of drug-likeness (QED) is 0.522. The van der Waals surface area contributed by atoms with Gasteiger partial charge in [0.1, 0.15) is 16.9 Å². The molecule has 0 atom stereocenters. The fraction of sp³-hybridized carbons (Fsp3) is 0.150. The zero-order valence-corrected chi connectivity index (χ0v) is 15.9. The molecule has 7 heteroatoms. The van der Waals surface area contributed by atoms with Crippen molar-refractivity contribution >= 4 is 27.4 Å². The molecule has 2 heterocycles. The Kier molecular flexibility index (Phi) is 4.60. The van der Waals surface area contributed by atoms with Gasteiger partial charge in [-0.2, -0.15) is 0 Å². The number of hydrogen-bond acceptors (Lipinski definition) is 7. The minimum Gasteiger partial charge on any atom is -0.493 e. The minimum atomic E-state index is 0.599. The van der Waals surface area contributed by atoms with E-state index in [9.17, 15) is 0 Å². The highest BCUT2D eigenvalue weighted by molar-refractivity contribution is 7.13. The van der Waals surface area contributed by atoms with E-state index < -0.39 is 0 Å². The van der Waals surface area contributed by atoms with Crippen LogP contribution >= 0.6 is 11.3 Å². The van der Waals surface area contributed by atoms with E-state index in [1.165, 1.54) is 11.3 Å². The highest BCUT2D eigenvalue weighted by atomic mass is 32.1. The summed E-state index contributed by atoms with van der Waals surface area (Å²) in [5.41, 5.74) is 4.40. The van der Waals surface area contributed by atoms with Crippen LogP contribution in [-0.4, -0.2) is 24.4 Å². The van der Waals surface area contributed by atoms with Crippen molar-refractivity contribution in [3.8, 4) is 22.8 Å². The number of aromatic nitrogens is 2. The first-order valence-corrected chi connectivity index (χ1v) is 9.13. The summed E-state index contributed by atoms with van der Waals surface area (Å²) in [7, 11) is 3.22. The van der Waals surface area contributed by atoms with Crippen LogP contribution < -0.4 is 14.8 Å². The summed E-state index contributed by atoms with van der Waals surface area (Å²) >= 11 is 1.39. The van der Waals surface area contributed by atoms with Gasteiger partial charge in [0.25, 0.3) is 0 Å². The van der Waals surface area contributed by atoms with Crippen LogP contribution in [0, 0.1) is 6.92 Å². The van der Waals surface area contributed by atoms with Crippen LogP contribution in [-0.2, 0) is 0 Å². The molecule has 0 radical (unpaired) electrons. The number of methoxy groups -OCH3 is 2. The first-order chi connectivity index (χ1) is 13.2. The van der Waals surface area contributed by atoms with Crippen LogP contribution in [0.4, 0.5) is 5.13 Å². The Morgan fingerprint density at radius 1 is 1.00 bits per heavy atom. The van der Waals surface area contributed by atoms with Crippen molar-refractivity contribution < 1.29 is 13.9 Å². The topological polar surface area (TPSA) is 69.7 Å². The SMILES string of the molecule is COc1ccc(-c2cc(=Nc3nncs3)c3cc(C)ccc3o2)cc1OC. The molecule has 0 saturated carbocycles. The Hall–Kier alpha value is -3.19. The summed E-state index contributed by atoms with van der Waals surface area (Å²) in [6.45, 7) is 2.04. The van der Waals surface area contributed by atoms with E-state index in [2.05, 4.69) is 21.3 Å². The van der Waals surface area contributed by atoms with Gasteiger partial charge >= 0.3 is 0 Å². The van der Waals surface area contributed by atoms with Gasteiger partial charge in [-0.15, -0.1) is 10.2 Å². The zero-order chi connectivity index (χ0) is 18.8. The average Bonchev–Trinajstić information content (AvgIpc) is 3.20. The van der Waals surface area contributed by atoms with E-state index >= 15 is 0 Å². The van der Waals surface area contributed by atoms with E-state index in [1.54, 1.807) is 19.7 Å². The van der Waals surface area contributed by atoms with Crippen molar-refractivity contribution in [2.75, 3.05) is 14.2 Å². The number of aryl methyl sites for hydroxylation is 1. The second-order valence-electron chi connectivity index (χ2n) is 5.90. The van der Waals surface area contributed by atoms with E-state index in [1.807, 2.05) is 43.3 Å². The standard InChI is InChI=1S/C20H17N3O3S/c1-12-4-6-16-14(8-12)15(22-20-23-21-11-27-20)10-18(26-16)13-5-7-17(24-2)19(9-13)25-3/h4-11H,1-3H3. The molecule has 0 unspecified atom stereocenters. The third-order valence-corrected chi connectivity index (χ3v) is 4.71. The smallest absolute Gasteiger partial charge is 0.231 e. The fourth-order valence-electron chi connectivity index (χ4n) is 2.83. The van der Waals surface area contributed by atoms with Crippen LogP contribution in [0.25, 0.3) is 22.3 Å². The van der Waals surface area contributed by atoms with Gasteiger partial charge in [0, 0.05) is 17.0 Å². The lowest BCUT2D eigenvalue weighted by atomic mass is 10.1. The van der Waals surface area contributed by atoms with Crippen LogP contribution in [0.1, 0.15) is 5.56 Å². The second kappa shape index (κ2) is 7.20. The fourth-order valence-corrected chi connectivity index (χ4v) is 3.26. The van der Waals surface area contributed by atoms with Crippen molar-refractivity contribution in [3.05, 3.63) is 58.9 Å². The molecule has 0 aliphatic carbocycles. The number of fused-ring (bicyclic) bond motifs is 1. The summed E-state index contributed by atoms with van der Waals surface area (Å²) in [4.78, 5) is 4.66. The van der Waals surface area contributed by atoms with E-state index in [-0.39, 0.29) is 0 Å². The summed E-state index contributed by atoms with van der Waals surface area (Å²) < 4.78 is 16.9. The predicted octanol–water partition coefficient (Wildman–Crippen LogP) is 4.51. The second-order valence-corrected chi connectivity index (χ2v) is 6.71. The molecular formula is C20H17N3O3S. The summed E-state index contributed by atoms with van der Waals surface area (Å²) in [5.74, 6) is 1.98. The first kappa shape index (κ1) is 17.2. The molecule has 4 rings (SSSR count). The van der Waals surface area contributed by atoms with Crippen LogP contribution in [0.2, 0.25) is 0 Å². The average molecular weight is 379 g/mol. The lowest BCUT2D eigenvalue weighted by molar-refractivity contribution is 0.355. The Labute approximate surface area is 159 Å². The van der Waals surface area contributed by atoms with Gasteiger partial charge in [-0.05, 0) is 37.3 Å². The number of ether oxygens (including phenoxy) is 2. The Bertz CT molecular complexity index is 1170. The summed E-state index contributed by atoms with van der Waals surface area (Å²) in [6.07, 6.45) is 0. The number of rotatable bonds is 4. The van der Waals surface area contributed by atoms with E-state index in [0.29, 0.717) is 22.4 Å². The van der Waals surface area contributed by atoms with Gasteiger partial charge in [-0.1, -0.05) is 23.0 Å². The van der Waals surface area contributed by atoms with Crippen molar-refractivity contribution in [2.45, 2.75) is 6.92 Å². The third-order valence-electron chi connectivity index (χ3n) is 4.13. The first-order valence-electron chi connectivity index (χ1n) is 8.26. The molecular weight excluding hydrogens is 362 g/mol. The molecule has 0 spiro atoms. The van der Waals surface area contributed by atoms with Gasteiger partial charge in [-0.25, -0.2) is 4.99 Å². The van der Waals surface area contributed by atoms with E-state index in [4.69, 9.17) is 13.9 Å². The Morgan fingerprint density at radius 3 is 2.59 bits per heavy atom. The predicted molar refractivity (Wildman–Crippen MR) is 105 cm³/mol. The lowest BCUT2D eigenvalue weighted by Gasteiger charge is -2.10. The molecule has 0 aliphatic heterocycles.